The predicted octanol–water partition coefficient (Wildman–Crippen LogP) is 2.25. The molecule has 1 saturated heterocycles. The van der Waals surface area contributed by atoms with Crippen molar-refractivity contribution in [3.8, 4) is 6.07 Å². The average Bonchev–Trinajstić information content (AvgIpc) is 2.90. The molecule has 0 spiro atoms. The van der Waals surface area contributed by atoms with Gasteiger partial charge >= 0.3 is 0 Å². The fraction of sp³-hybridized carbons (Fsp3) is 0.562. The molecule has 0 aromatic heterocycles. The zero-order chi connectivity index (χ0) is 14.2. The first-order chi connectivity index (χ1) is 9.60. The highest BCUT2D eigenvalue weighted by Gasteiger charge is 2.46. The van der Waals surface area contributed by atoms with Gasteiger partial charge in [0.05, 0.1) is 12.0 Å². The Morgan fingerprint density at radius 1 is 1.55 bits per heavy atom. The van der Waals surface area contributed by atoms with Crippen LogP contribution in [0.25, 0.3) is 0 Å². The fourth-order valence-corrected chi connectivity index (χ4v) is 3.78. The van der Waals surface area contributed by atoms with Gasteiger partial charge in [-0.05, 0) is 36.5 Å². The SMILES string of the molecule is N#CC(CN1C[C@H]2CCC[C@@]2(N)C1)c1cccc(F)c1. The maximum atomic E-state index is 13.3. The molecule has 1 heterocycles. The maximum Gasteiger partial charge on any atom is 0.123 e. The van der Waals surface area contributed by atoms with Crippen molar-refractivity contribution < 1.29 is 4.39 Å². The highest BCUT2D eigenvalue weighted by molar-refractivity contribution is 5.26. The van der Waals surface area contributed by atoms with E-state index >= 15 is 0 Å². The number of benzene rings is 1. The van der Waals surface area contributed by atoms with Crippen LogP contribution in [0.2, 0.25) is 0 Å². The Labute approximate surface area is 119 Å². The second-order valence-corrected chi connectivity index (χ2v) is 6.25. The molecule has 1 aliphatic carbocycles. The molecule has 0 bridgehead atoms. The minimum Gasteiger partial charge on any atom is -0.324 e. The molecule has 3 nitrogen and oxygen atoms in total. The molecule has 2 fully saturated rings. The van der Waals surface area contributed by atoms with E-state index in [1.807, 2.05) is 6.07 Å². The monoisotopic (exact) mass is 273 g/mol. The first-order valence-electron chi connectivity index (χ1n) is 7.27. The van der Waals surface area contributed by atoms with Crippen molar-refractivity contribution in [1.29, 1.82) is 5.26 Å². The van der Waals surface area contributed by atoms with E-state index in [1.165, 1.54) is 25.0 Å². The number of likely N-dealkylation sites (tertiary alicyclic amines) is 1. The van der Waals surface area contributed by atoms with Crippen LogP contribution in [0.4, 0.5) is 4.39 Å². The Hall–Kier alpha value is -1.44. The molecule has 1 aliphatic heterocycles. The molecule has 2 aliphatic rings. The lowest BCUT2D eigenvalue weighted by molar-refractivity contribution is 0.297. The lowest BCUT2D eigenvalue weighted by Gasteiger charge is -2.24. The van der Waals surface area contributed by atoms with Crippen LogP contribution in [0, 0.1) is 23.1 Å². The van der Waals surface area contributed by atoms with Crippen molar-refractivity contribution in [2.24, 2.45) is 11.7 Å². The second-order valence-electron chi connectivity index (χ2n) is 6.25. The molecule has 1 aromatic carbocycles. The summed E-state index contributed by atoms with van der Waals surface area (Å²) in [6.07, 6.45) is 3.51. The molecular formula is C16H20FN3. The fourth-order valence-electron chi connectivity index (χ4n) is 3.78. The van der Waals surface area contributed by atoms with Crippen LogP contribution < -0.4 is 5.73 Å². The van der Waals surface area contributed by atoms with Gasteiger partial charge in [-0.15, -0.1) is 0 Å². The van der Waals surface area contributed by atoms with Crippen molar-refractivity contribution in [3.63, 3.8) is 0 Å². The van der Waals surface area contributed by atoms with Crippen LogP contribution in [-0.2, 0) is 0 Å². The van der Waals surface area contributed by atoms with E-state index in [0.29, 0.717) is 12.5 Å². The highest BCUT2D eigenvalue weighted by atomic mass is 19.1. The van der Waals surface area contributed by atoms with Crippen LogP contribution in [-0.4, -0.2) is 30.1 Å². The third kappa shape index (κ3) is 2.44. The summed E-state index contributed by atoms with van der Waals surface area (Å²) in [5.74, 6) is -0.00110. The Bertz CT molecular complexity index is 539. The third-order valence-corrected chi connectivity index (χ3v) is 4.85. The molecule has 1 saturated carbocycles. The summed E-state index contributed by atoms with van der Waals surface area (Å²) >= 11 is 0. The number of nitriles is 1. The summed E-state index contributed by atoms with van der Waals surface area (Å²) in [5.41, 5.74) is 7.16. The van der Waals surface area contributed by atoms with E-state index in [1.54, 1.807) is 6.07 Å². The molecule has 0 radical (unpaired) electrons. The van der Waals surface area contributed by atoms with Gasteiger partial charge in [-0.3, -0.25) is 4.90 Å². The van der Waals surface area contributed by atoms with Crippen LogP contribution in [0.15, 0.2) is 24.3 Å². The minimum atomic E-state index is -0.284. The van der Waals surface area contributed by atoms with E-state index in [9.17, 15) is 9.65 Å². The molecule has 0 amide bonds. The topological polar surface area (TPSA) is 53.0 Å². The number of nitrogens with two attached hydrogens (primary N) is 1. The average molecular weight is 273 g/mol. The van der Waals surface area contributed by atoms with Gasteiger partial charge < -0.3 is 5.73 Å². The smallest absolute Gasteiger partial charge is 0.123 e. The Morgan fingerprint density at radius 2 is 2.40 bits per heavy atom. The summed E-state index contributed by atoms with van der Waals surface area (Å²) in [4.78, 5) is 2.28. The van der Waals surface area contributed by atoms with E-state index in [-0.39, 0.29) is 17.3 Å². The van der Waals surface area contributed by atoms with Crippen molar-refractivity contribution >= 4 is 0 Å². The minimum absolute atomic E-state index is 0.0536. The predicted molar refractivity (Wildman–Crippen MR) is 75.5 cm³/mol. The largest absolute Gasteiger partial charge is 0.324 e. The lowest BCUT2D eigenvalue weighted by atomic mass is 9.92. The highest BCUT2D eigenvalue weighted by Crippen LogP contribution is 2.40. The van der Waals surface area contributed by atoms with Gasteiger partial charge in [-0.25, -0.2) is 4.39 Å². The Kier molecular flexibility index (Phi) is 3.49. The quantitative estimate of drug-likeness (QED) is 0.919. The third-order valence-electron chi connectivity index (χ3n) is 4.85. The molecule has 3 atom stereocenters. The van der Waals surface area contributed by atoms with Gasteiger partial charge in [0.15, 0.2) is 0 Å². The Morgan fingerprint density at radius 3 is 3.10 bits per heavy atom. The molecule has 1 unspecified atom stereocenters. The first kappa shape index (κ1) is 13.5. The van der Waals surface area contributed by atoms with Gasteiger partial charge in [0.1, 0.15) is 5.82 Å². The lowest BCUT2D eigenvalue weighted by Crippen LogP contribution is -2.44. The van der Waals surface area contributed by atoms with Crippen LogP contribution in [0.1, 0.15) is 30.7 Å². The van der Waals surface area contributed by atoms with Gasteiger partial charge in [0.2, 0.25) is 0 Å². The molecule has 20 heavy (non-hydrogen) atoms. The Balaban J connectivity index is 1.70. The van der Waals surface area contributed by atoms with E-state index < -0.39 is 0 Å². The number of fused-ring (bicyclic) bond motifs is 1. The zero-order valence-electron chi connectivity index (χ0n) is 11.6. The number of rotatable bonds is 3. The summed E-state index contributed by atoms with van der Waals surface area (Å²) < 4.78 is 13.3. The van der Waals surface area contributed by atoms with E-state index in [4.69, 9.17) is 5.73 Å². The molecule has 106 valence electrons. The maximum absolute atomic E-state index is 13.3. The summed E-state index contributed by atoms with van der Waals surface area (Å²) in [7, 11) is 0. The molecule has 4 heteroatoms. The summed E-state index contributed by atoms with van der Waals surface area (Å²) in [6, 6.07) is 8.66. The number of hydrogen-bond donors (Lipinski definition) is 1. The molecule has 2 N–H and O–H groups in total. The standard InChI is InChI=1S/C16H20FN3/c17-15-5-1-3-12(7-15)13(8-18)9-20-10-14-4-2-6-16(14,19)11-20/h1,3,5,7,13-14H,2,4,6,9-11,19H2/t13?,14-,16-/m1/s1. The van der Waals surface area contributed by atoms with E-state index in [0.717, 1.165) is 25.1 Å². The van der Waals surface area contributed by atoms with Gasteiger partial charge in [-0.2, -0.15) is 5.26 Å². The summed E-state index contributed by atoms with van der Waals surface area (Å²) in [6.45, 7) is 2.49. The molecule has 1 aromatic rings. The van der Waals surface area contributed by atoms with E-state index in [2.05, 4.69) is 11.0 Å². The molecular weight excluding hydrogens is 253 g/mol. The summed E-state index contributed by atoms with van der Waals surface area (Å²) in [5, 5.41) is 9.37. The van der Waals surface area contributed by atoms with Crippen molar-refractivity contribution in [2.45, 2.75) is 30.7 Å². The van der Waals surface area contributed by atoms with Gasteiger partial charge in [-0.1, -0.05) is 18.6 Å². The normalized spacial score (nSPS) is 30.9. The van der Waals surface area contributed by atoms with Crippen LogP contribution in [0.3, 0.4) is 0 Å². The van der Waals surface area contributed by atoms with Crippen molar-refractivity contribution in [3.05, 3.63) is 35.6 Å². The van der Waals surface area contributed by atoms with Crippen molar-refractivity contribution in [1.82, 2.24) is 4.90 Å². The zero-order valence-corrected chi connectivity index (χ0v) is 11.6. The van der Waals surface area contributed by atoms with Crippen molar-refractivity contribution in [2.75, 3.05) is 19.6 Å². The number of halogens is 1. The van der Waals surface area contributed by atoms with Gasteiger partial charge in [0, 0.05) is 25.2 Å². The molecule has 3 rings (SSSR count). The number of nitrogens with zero attached hydrogens (tertiary/aromatic N) is 2. The second kappa shape index (κ2) is 5.16. The van der Waals surface area contributed by atoms with Crippen LogP contribution in [0.5, 0.6) is 0 Å². The van der Waals surface area contributed by atoms with Crippen LogP contribution >= 0.6 is 0 Å². The first-order valence-corrected chi connectivity index (χ1v) is 7.27. The van der Waals surface area contributed by atoms with Gasteiger partial charge in [0.25, 0.3) is 0 Å². The number of hydrogen-bond acceptors (Lipinski definition) is 3.